The topological polar surface area (TPSA) is 77.2 Å². The molecule has 0 spiro atoms. The summed E-state index contributed by atoms with van der Waals surface area (Å²) in [6.07, 6.45) is -0.112. The van der Waals surface area contributed by atoms with Crippen molar-refractivity contribution in [3.63, 3.8) is 0 Å². The summed E-state index contributed by atoms with van der Waals surface area (Å²) < 4.78 is 0. The number of para-hydroxylation sites is 1. The van der Waals surface area contributed by atoms with Gasteiger partial charge in [-0.05, 0) is 31.1 Å². The second-order valence-electron chi connectivity index (χ2n) is 3.82. The summed E-state index contributed by atoms with van der Waals surface area (Å²) in [5.74, 6) is -0.549. The molecule has 6 heteroatoms. The van der Waals surface area contributed by atoms with Gasteiger partial charge in [-0.15, -0.1) is 5.06 Å². The van der Waals surface area contributed by atoms with Gasteiger partial charge in [0.2, 0.25) is 0 Å². The molecule has 0 unspecified atom stereocenters. The highest BCUT2D eigenvalue weighted by Crippen LogP contribution is 2.13. The van der Waals surface area contributed by atoms with Crippen molar-refractivity contribution in [2.24, 2.45) is 10.9 Å². The van der Waals surface area contributed by atoms with E-state index in [1.165, 1.54) is 6.92 Å². The summed E-state index contributed by atoms with van der Waals surface area (Å²) in [6.45, 7) is 4.91. The normalized spacial score (nSPS) is 11.2. The maximum Gasteiger partial charge on any atom is 0.330 e. The minimum absolute atomic E-state index is 0.0508. The molecule has 0 heterocycles. The SMILES string of the molecule is CC(=O)ON(C(N)=NOC(C)C)c1ccccc1. The first-order chi connectivity index (χ1) is 8.50. The van der Waals surface area contributed by atoms with Crippen LogP contribution in [0.3, 0.4) is 0 Å². The Morgan fingerprint density at radius 1 is 1.33 bits per heavy atom. The van der Waals surface area contributed by atoms with Crippen molar-refractivity contribution in [3.8, 4) is 0 Å². The quantitative estimate of drug-likeness (QED) is 0.502. The Kier molecular flexibility index (Phi) is 4.98. The van der Waals surface area contributed by atoms with Crippen LogP contribution < -0.4 is 10.8 Å². The van der Waals surface area contributed by atoms with Crippen LogP contribution >= 0.6 is 0 Å². The monoisotopic (exact) mass is 251 g/mol. The van der Waals surface area contributed by atoms with Crippen molar-refractivity contribution in [2.45, 2.75) is 26.9 Å². The van der Waals surface area contributed by atoms with Gasteiger partial charge < -0.3 is 15.4 Å². The van der Waals surface area contributed by atoms with Crippen molar-refractivity contribution in [1.29, 1.82) is 0 Å². The molecule has 0 amide bonds. The molecule has 2 N–H and O–H groups in total. The molecule has 1 rings (SSSR count). The molecule has 0 radical (unpaired) electrons. The van der Waals surface area contributed by atoms with E-state index >= 15 is 0 Å². The first kappa shape index (κ1) is 13.8. The Labute approximate surface area is 106 Å². The number of hydrogen-bond donors (Lipinski definition) is 1. The number of guanidine groups is 1. The number of anilines is 1. The highest BCUT2D eigenvalue weighted by Gasteiger charge is 2.15. The summed E-state index contributed by atoms with van der Waals surface area (Å²) >= 11 is 0. The smallest absolute Gasteiger partial charge is 0.330 e. The Balaban J connectivity index is 2.91. The molecule has 1 aromatic carbocycles. The fourth-order valence-corrected chi connectivity index (χ4v) is 1.12. The van der Waals surface area contributed by atoms with E-state index < -0.39 is 5.97 Å². The first-order valence-corrected chi connectivity index (χ1v) is 5.53. The minimum atomic E-state index is -0.499. The largest absolute Gasteiger partial charge is 0.390 e. The zero-order chi connectivity index (χ0) is 13.5. The molecular weight excluding hydrogens is 234 g/mol. The van der Waals surface area contributed by atoms with Crippen molar-refractivity contribution >= 4 is 17.6 Å². The van der Waals surface area contributed by atoms with Gasteiger partial charge in [0.1, 0.15) is 6.10 Å². The van der Waals surface area contributed by atoms with Crippen LogP contribution in [0.15, 0.2) is 35.5 Å². The van der Waals surface area contributed by atoms with Gasteiger partial charge in [0, 0.05) is 6.92 Å². The maximum atomic E-state index is 11.1. The number of hydroxylamine groups is 1. The molecule has 98 valence electrons. The Morgan fingerprint density at radius 2 is 1.94 bits per heavy atom. The van der Waals surface area contributed by atoms with E-state index in [0.717, 1.165) is 5.06 Å². The van der Waals surface area contributed by atoms with Crippen molar-refractivity contribution in [2.75, 3.05) is 5.06 Å². The molecule has 0 aliphatic carbocycles. The molecule has 0 aliphatic rings. The number of benzene rings is 1. The third-order valence-electron chi connectivity index (χ3n) is 1.78. The highest BCUT2D eigenvalue weighted by atomic mass is 16.7. The molecule has 0 bridgehead atoms. The summed E-state index contributed by atoms with van der Waals surface area (Å²) in [7, 11) is 0. The lowest BCUT2D eigenvalue weighted by Crippen LogP contribution is -2.39. The van der Waals surface area contributed by atoms with E-state index in [0.29, 0.717) is 5.69 Å². The second-order valence-corrected chi connectivity index (χ2v) is 3.82. The lowest BCUT2D eigenvalue weighted by Gasteiger charge is -2.20. The lowest BCUT2D eigenvalue weighted by molar-refractivity contribution is -0.140. The van der Waals surface area contributed by atoms with Crippen LogP contribution in [-0.4, -0.2) is 18.0 Å². The molecule has 18 heavy (non-hydrogen) atoms. The second kappa shape index (κ2) is 6.48. The Morgan fingerprint density at radius 3 is 2.44 bits per heavy atom. The van der Waals surface area contributed by atoms with Crippen LogP contribution in [0.5, 0.6) is 0 Å². The first-order valence-electron chi connectivity index (χ1n) is 5.53. The van der Waals surface area contributed by atoms with Crippen LogP contribution in [0.4, 0.5) is 5.69 Å². The van der Waals surface area contributed by atoms with Crippen molar-refractivity contribution in [1.82, 2.24) is 0 Å². The molecule has 0 atom stereocenters. The Hall–Kier alpha value is -2.24. The number of nitrogens with two attached hydrogens (primary N) is 1. The van der Waals surface area contributed by atoms with Crippen LogP contribution in [-0.2, 0) is 14.5 Å². The molecule has 1 aromatic rings. The molecule has 0 saturated heterocycles. The Bertz CT molecular complexity index is 418. The number of carbonyl (C=O) groups excluding carboxylic acids is 1. The number of carbonyl (C=O) groups is 1. The van der Waals surface area contributed by atoms with E-state index in [-0.39, 0.29) is 12.1 Å². The van der Waals surface area contributed by atoms with Crippen LogP contribution in [0.1, 0.15) is 20.8 Å². The molecule has 6 nitrogen and oxygen atoms in total. The number of oxime groups is 1. The summed E-state index contributed by atoms with van der Waals surface area (Å²) in [4.78, 5) is 21.1. The van der Waals surface area contributed by atoms with Crippen LogP contribution in [0.25, 0.3) is 0 Å². The molecule has 0 saturated carbocycles. The fraction of sp³-hybridized carbons (Fsp3) is 0.333. The standard InChI is InChI=1S/C12H17N3O3/c1-9(2)17-14-12(13)15(18-10(3)16)11-7-5-4-6-8-11/h4-9H,1-3H3,(H2,13,14). The average molecular weight is 251 g/mol. The summed E-state index contributed by atoms with van der Waals surface area (Å²) in [5, 5.41) is 4.81. The predicted octanol–water partition coefficient (Wildman–Crippen LogP) is 1.63. The number of rotatable bonds is 3. The van der Waals surface area contributed by atoms with Gasteiger partial charge in [-0.2, -0.15) is 0 Å². The zero-order valence-corrected chi connectivity index (χ0v) is 10.7. The van der Waals surface area contributed by atoms with E-state index in [9.17, 15) is 4.79 Å². The third kappa shape index (κ3) is 4.32. The fourth-order valence-electron chi connectivity index (χ4n) is 1.12. The van der Waals surface area contributed by atoms with Gasteiger partial charge in [-0.1, -0.05) is 18.2 Å². The highest BCUT2D eigenvalue weighted by molar-refractivity contribution is 5.94. The van der Waals surface area contributed by atoms with Crippen LogP contribution in [0, 0.1) is 0 Å². The summed E-state index contributed by atoms with van der Waals surface area (Å²) in [5.41, 5.74) is 6.30. The van der Waals surface area contributed by atoms with Crippen molar-refractivity contribution in [3.05, 3.63) is 30.3 Å². The van der Waals surface area contributed by atoms with Gasteiger partial charge >= 0.3 is 5.97 Å². The average Bonchev–Trinajstić information content (AvgIpc) is 2.34. The molecular formula is C12H17N3O3. The summed E-state index contributed by atoms with van der Waals surface area (Å²) in [6, 6.07) is 8.90. The van der Waals surface area contributed by atoms with E-state index in [4.69, 9.17) is 15.4 Å². The van der Waals surface area contributed by atoms with Gasteiger partial charge in [0.05, 0.1) is 5.69 Å². The molecule has 0 aromatic heterocycles. The molecule has 0 fully saturated rings. The van der Waals surface area contributed by atoms with Gasteiger partial charge in [-0.25, -0.2) is 4.79 Å². The maximum absolute atomic E-state index is 11.1. The number of nitrogens with zero attached hydrogens (tertiary/aromatic N) is 2. The van der Waals surface area contributed by atoms with E-state index in [2.05, 4.69) is 5.16 Å². The lowest BCUT2D eigenvalue weighted by atomic mass is 10.3. The minimum Gasteiger partial charge on any atom is -0.390 e. The van der Waals surface area contributed by atoms with Gasteiger partial charge in [0.15, 0.2) is 0 Å². The molecule has 0 aliphatic heterocycles. The number of hydrogen-bond acceptors (Lipinski definition) is 4. The van der Waals surface area contributed by atoms with E-state index in [1.54, 1.807) is 24.3 Å². The van der Waals surface area contributed by atoms with Crippen molar-refractivity contribution < 1.29 is 14.5 Å². The third-order valence-corrected chi connectivity index (χ3v) is 1.78. The predicted molar refractivity (Wildman–Crippen MR) is 68.5 cm³/mol. The zero-order valence-electron chi connectivity index (χ0n) is 10.7. The van der Waals surface area contributed by atoms with Crippen LogP contribution in [0.2, 0.25) is 0 Å². The van der Waals surface area contributed by atoms with E-state index in [1.807, 2.05) is 19.9 Å². The van der Waals surface area contributed by atoms with Gasteiger partial charge in [-0.3, -0.25) is 0 Å². The van der Waals surface area contributed by atoms with Gasteiger partial charge in [0.25, 0.3) is 5.96 Å².